The van der Waals surface area contributed by atoms with E-state index in [0.29, 0.717) is 18.1 Å². The predicted molar refractivity (Wildman–Crippen MR) is 99.5 cm³/mol. The zero-order valence-electron chi connectivity index (χ0n) is 15.0. The molecular weight excluding hydrogens is 336 g/mol. The normalized spacial score (nSPS) is 11.9. The number of nitrogens with zero attached hydrogens (tertiary/aromatic N) is 2. The molecule has 2 heterocycles. The second-order valence-electron chi connectivity index (χ2n) is 7.20. The summed E-state index contributed by atoms with van der Waals surface area (Å²) in [6.07, 6.45) is 1.88. The van der Waals surface area contributed by atoms with Gasteiger partial charge in [0.2, 0.25) is 0 Å². The highest BCUT2D eigenvalue weighted by molar-refractivity contribution is 6.30. The molecule has 3 rings (SSSR count). The van der Waals surface area contributed by atoms with E-state index in [0.717, 1.165) is 34.1 Å². The summed E-state index contributed by atoms with van der Waals surface area (Å²) in [6.45, 7) is 9.77. The Morgan fingerprint density at radius 2 is 1.88 bits per heavy atom. The van der Waals surface area contributed by atoms with E-state index < -0.39 is 0 Å². The molecule has 0 aliphatic carbocycles. The number of hydrogen-bond acceptors (Lipinski definition) is 4. The van der Waals surface area contributed by atoms with Crippen LogP contribution in [0.4, 0.5) is 0 Å². The van der Waals surface area contributed by atoms with Gasteiger partial charge in [-0.15, -0.1) is 0 Å². The summed E-state index contributed by atoms with van der Waals surface area (Å²) in [7, 11) is 0. The largest absolute Gasteiger partial charge is 0.356 e. The maximum Gasteiger partial charge on any atom is 0.170 e. The number of H-pyrrole nitrogens is 1. The van der Waals surface area contributed by atoms with Crippen molar-refractivity contribution in [1.29, 1.82) is 0 Å². The monoisotopic (exact) mass is 358 g/mol. The van der Waals surface area contributed by atoms with E-state index in [4.69, 9.17) is 16.1 Å². The lowest BCUT2D eigenvalue weighted by Gasteiger charge is -2.14. The first kappa shape index (κ1) is 17.7. The molecule has 0 aliphatic heterocycles. The van der Waals surface area contributed by atoms with Gasteiger partial charge in [0, 0.05) is 46.5 Å². The molecule has 0 saturated heterocycles. The molecule has 132 valence electrons. The quantitative estimate of drug-likeness (QED) is 0.698. The van der Waals surface area contributed by atoms with Gasteiger partial charge in [-0.1, -0.05) is 37.5 Å². The van der Waals surface area contributed by atoms with Crippen molar-refractivity contribution in [1.82, 2.24) is 20.4 Å². The van der Waals surface area contributed by atoms with Gasteiger partial charge in [0.05, 0.1) is 0 Å². The summed E-state index contributed by atoms with van der Waals surface area (Å²) < 4.78 is 5.52. The van der Waals surface area contributed by atoms with Crippen molar-refractivity contribution in [3.63, 3.8) is 0 Å². The fourth-order valence-corrected chi connectivity index (χ4v) is 2.68. The van der Waals surface area contributed by atoms with Gasteiger partial charge in [0.25, 0.3) is 0 Å². The average Bonchev–Trinajstić information content (AvgIpc) is 3.16. The third-order valence-corrected chi connectivity index (χ3v) is 4.33. The smallest absolute Gasteiger partial charge is 0.170 e. The fraction of sp³-hybridized carbons (Fsp3) is 0.368. The number of aromatic amines is 1. The molecule has 6 heteroatoms. The molecule has 0 aliphatic rings. The van der Waals surface area contributed by atoms with Crippen molar-refractivity contribution in [2.75, 3.05) is 0 Å². The maximum absolute atomic E-state index is 5.94. The maximum atomic E-state index is 5.94. The Kier molecular flexibility index (Phi) is 4.97. The molecule has 25 heavy (non-hydrogen) atoms. The lowest BCUT2D eigenvalue weighted by Crippen LogP contribution is -2.15. The van der Waals surface area contributed by atoms with Gasteiger partial charge in [0.15, 0.2) is 5.76 Å². The molecule has 0 atom stereocenters. The van der Waals surface area contributed by atoms with E-state index in [2.05, 4.69) is 41.2 Å². The van der Waals surface area contributed by atoms with Crippen molar-refractivity contribution in [2.45, 2.75) is 46.2 Å². The van der Waals surface area contributed by atoms with E-state index >= 15 is 0 Å². The Labute approximate surface area is 152 Å². The Morgan fingerprint density at radius 3 is 2.52 bits per heavy atom. The molecule has 2 N–H and O–H groups in total. The van der Waals surface area contributed by atoms with Gasteiger partial charge < -0.3 is 14.8 Å². The van der Waals surface area contributed by atoms with Gasteiger partial charge in [0.1, 0.15) is 11.5 Å². The minimum Gasteiger partial charge on any atom is -0.356 e. The molecule has 2 aromatic heterocycles. The van der Waals surface area contributed by atoms with Crippen LogP contribution in [0.15, 0.2) is 35.0 Å². The average molecular weight is 359 g/mol. The highest BCUT2D eigenvalue weighted by Crippen LogP contribution is 2.27. The van der Waals surface area contributed by atoms with Crippen LogP contribution in [0.1, 0.15) is 43.5 Å². The van der Waals surface area contributed by atoms with Crippen LogP contribution in [0, 0.1) is 6.92 Å². The van der Waals surface area contributed by atoms with Crippen LogP contribution in [0.25, 0.3) is 11.3 Å². The number of hydrogen-bond donors (Lipinski definition) is 2. The summed E-state index contributed by atoms with van der Waals surface area (Å²) in [6, 6.07) is 7.57. The van der Waals surface area contributed by atoms with Gasteiger partial charge in [-0.05, 0) is 31.2 Å². The SMILES string of the molecule is Cc1c(CNCc2cnc(C(C)(C)C)[nH]2)noc1-c1ccc(Cl)cc1. The van der Waals surface area contributed by atoms with Gasteiger partial charge in [-0.2, -0.15) is 0 Å². The summed E-state index contributed by atoms with van der Waals surface area (Å²) >= 11 is 5.94. The number of aromatic nitrogens is 3. The molecule has 0 fully saturated rings. The van der Waals surface area contributed by atoms with Crippen LogP contribution in [-0.2, 0) is 18.5 Å². The van der Waals surface area contributed by atoms with Crippen LogP contribution in [0.2, 0.25) is 5.02 Å². The lowest BCUT2D eigenvalue weighted by atomic mass is 9.96. The van der Waals surface area contributed by atoms with E-state index in [1.54, 1.807) is 0 Å². The van der Waals surface area contributed by atoms with E-state index in [9.17, 15) is 0 Å². The third-order valence-electron chi connectivity index (χ3n) is 4.07. The topological polar surface area (TPSA) is 66.7 Å². The lowest BCUT2D eigenvalue weighted by molar-refractivity contribution is 0.419. The molecule has 1 aromatic carbocycles. The van der Waals surface area contributed by atoms with Crippen LogP contribution in [-0.4, -0.2) is 15.1 Å². The minimum atomic E-state index is 0.0223. The minimum absolute atomic E-state index is 0.0223. The molecule has 0 unspecified atom stereocenters. The molecule has 3 aromatic rings. The molecular formula is C19H23ClN4O. The number of rotatable bonds is 5. The zero-order chi connectivity index (χ0) is 18.0. The van der Waals surface area contributed by atoms with Crippen molar-refractivity contribution in [3.8, 4) is 11.3 Å². The molecule has 0 amide bonds. The highest BCUT2D eigenvalue weighted by Gasteiger charge is 2.17. The summed E-state index contributed by atoms with van der Waals surface area (Å²) in [5.74, 6) is 1.77. The summed E-state index contributed by atoms with van der Waals surface area (Å²) in [5.41, 5.74) is 4.00. The van der Waals surface area contributed by atoms with Gasteiger partial charge >= 0.3 is 0 Å². The Balaban J connectivity index is 1.62. The standard InChI is InChI=1S/C19H23ClN4O/c1-12-16(24-25-17(12)13-5-7-14(20)8-6-13)11-21-9-15-10-22-18(23-15)19(2,3)4/h5-8,10,21H,9,11H2,1-4H3,(H,22,23). The van der Waals surface area contributed by atoms with Crippen molar-refractivity contribution < 1.29 is 4.52 Å². The highest BCUT2D eigenvalue weighted by atomic mass is 35.5. The summed E-state index contributed by atoms with van der Waals surface area (Å²) in [4.78, 5) is 7.80. The van der Waals surface area contributed by atoms with Crippen LogP contribution >= 0.6 is 11.6 Å². The van der Waals surface area contributed by atoms with Crippen molar-refractivity contribution in [2.24, 2.45) is 0 Å². The van der Waals surface area contributed by atoms with Gasteiger partial charge in [-0.25, -0.2) is 4.98 Å². The fourth-order valence-electron chi connectivity index (χ4n) is 2.55. The van der Waals surface area contributed by atoms with E-state index in [1.807, 2.05) is 37.4 Å². The first-order valence-corrected chi connectivity index (χ1v) is 8.68. The van der Waals surface area contributed by atoms with Crippen LogP contribution in [0.5, 0.6) is 0 Å². The third kappa shape index (κ3) is 4.11. The number of halogens is 1. The van der Waals surface area contributed by atoms with Crippen molar-refractivity contribution >= 4 is 11.6 Å². The number of nitrogens with one attached hydrogen (secondary N) is 2. The van der Waals surface area contributed by atoms with Crippen molar-refractivity contribution in [3.05, 3.63) is 58.3 Å². The van der Waals surface area contributed by atoms with Crippen LogP contribution in [0.3, 0.4) is 0 Å². The first-order valence-electron chi connectivity index (χ1n) is 8.31. The Morgan fingerprint density at radius 1 is 1.16 bits per heavy atom. The molecule has 5 nitrogen and oxygen atoms in total. The number of imidazole rings is 1. The number of benzene rings is 1. The molecule has 0 radical (unpaired) electrons. The first-order chi connectivity index (χ1) is 11.8. The summed E-state index contributed by atoms with van der Waals surface area (Å²) in [5, 5.41) is 8.28. The second-order valence-corrected chi connectivity index (χ2v) is 7.64. The zero-order valence-corrected chi connectivity index (χ0v) is 15.7. The molecule has 0 spiro atoms. The van der Waals surface area contributed by atoms with Gasteiger partial charge in [-0.3, -0.25) is 0 Å². The van der Waals surface area contributed by atoms with E-state index in [1.165, 1.54) is 0 Å². The van der Waals surface area contributed by atoms with Crippen LogP contribution < -0.4 is 5.32 Å². The predicted octanol–water partition coefficient (Wildman–Crippen LogP) is 4.61. The molecule has 0 bridgehead atoms. The Bertz CT molecular complexity index is 843. The second kappa shape index (κ2) is 7.02. The molecule has 0 saturated carbocycles. The van der Waals surface area contributed by atoms with E-state index in [-0.39, 0.29) is 5.41 Å². The Hall–Kier alpha value is -2.11.